The molecule has 2 fully saturated rings. The average molecular weight is 537 g/mol. The molecule has 0 heterocycles. The lowest BCUT2D eigenvalue weighted by Gasteiger charge is -2.39. The highest BCUT2D eigenvalue weighted by atomic mass is 31.1. The SMILES string of the molecule is COc1cc(P(C2CCCCC2)C2CCCCC2)c(OC)cc1-c1c(C(C)C)cc(C(C)C)cc1C(C)C. The van der Waals surface area contributed by atoms with E-state index in [2.05, 4.69) is 65.8 Å². The summed E-state index contributed by atoms with van der Waals surface area (Å²) in [7, 11) is 3.47. The van der Waals surface area contributed by atoms with Gasteiger partial charge in [0.15, 0.2) is 0 Å². The fraction of sp³-hybridized carbons (Fsp3) is 0.657. The minimum Gasteiger partial charge on any atom is -0.496 e. The van der Waals surface area contributed by atoms with E-state index in [1.54, 1.807) is 0 Å². The predicted octanol–water partition coefficient (Wildman–Crippen LogP) is 10.5. The van der Waals surface area contributed by atoms with Gasteiger partial charge in [-0.3, -0.25) is 0 Å². The molecule has 3 heteroatoms. The molecule has 0 aromatic heterocycles. The van der Waals surface area contributed by atoms with Gasteiger partial charge in [-0.2, -0.15) is 0 Å². The van der Waals surface area contributed by atoms with Crippen LogP contribution < -0.4 is 14.8 Å². The Morgan fingerprint density at radius 1 is 0.605 bits per heavy atom. The molecule has 0 N–H and O–H groups in total. The molecule has 0 atom stereocenters. The van der Waals surface area contributed by atoms with Crippen LogP contribution in [0.4, 0.5) is 0 Å². The van der Waals surface area contributed by atoms with E-state index in [0.29, 0.717) is 17.8 Å². The number of hydrogen-bond donors (Lipinski definition) is 0. The molecule has 0 spiro atoms. The number of rotatable bonds is 9. The Bertz CT molecular complexity index is 1010. The lowest BCUT2D eigenvalue weighted by Crippen LogP contribution is -2.27. The summed E-state index contributed by atoms with van der Waals surface area (Å²) < 4.78 is 12.6. The number of benzene rings is 2. The van der Waals surface area contributed by atoms with E-state index in [4.69, 9.17) is 9.47 Å². The second kappa shape index (κ2) is 13.2. The van der Waals surface area contributed by atoms with Crippen molar-refractivity contribution in [3.63, 3.8) is 0 Å². The Hall–Kier alpha value is -1.53. The maximum atomic E-state index is 6.29. The first-order valence-corrected chi connectivity index (χ1v) is 17.0. The topological polar surface area (TPSA) is 18.5 Å². The number of hydrogen-bond acceptors (Lipinski definition) is 2. The molecular weight excluding hydrogens is 483 g/mol. The standard InChI is InChI=1S/C35H53O2P/c1-23(2)26-19-29(24(3)4)35(30(20-26)25(5)6)31-21-33(37-8)34(22-32(31)36-7)38(27-15-11-9-12-16-27)28-17-13-10-14-18-28/h19-25,27-28H,9-18H2,1-8H3. The van der Waals surface area contributed by atoms with Crippen LogP contribution in [0.1, 0.15) is 140 Å². The van der Waals surface area contributed by atoms with Gasteiger partial charge in [-0.1, -0.05) is 100 Å². The normalized spacial score (nSPS) is 17.7. The van der Waals surface area contributed by atoms with Crippen molar-refractivity contribution >= 4 is 13.2 Å². The molecule has 4 rings (SSSR count). The molecule has 2 aromatic rings. The van der Waals surface area contributed by atoms with E-state index in [1.807, 2.05) is 14.2 Å². The second-order valence-electron chi connectivity index (χ2n) is 12.8. The van der Waals surface area contributed by atoms with Crippen molar-refractivity contribution in [2.75, 3.05) is 14.2 Å². The first-order valence-electron chi connectivity index (χ1n) is 15.5. The van der Waals surface area contributed by atoms with Gasteiger partial charge in [0.2, 0.25) is 0 Å². The zero-order valence-electron chi connectivity index (χ0n) is 25.5. The van der Waals surface area contributed by atoms with E-state index < -0.39 is 0 Å². The molecule has 0 aliphatic heterocycles. The molecule has 2 aromatic carbocycles. The maximum absolute atomic E-state index is 6.29. The first-order chi connectivity index (χ1) is 18.3. The molecule has 38 heavy (non-hydrogen) atoms. The van der Waals surface area contributed by atoms with Crippen LogP contribution in [0.15, 0.2) is 24.3 Å². The van der Waals surface area contributed by atoms with Crippen molar-refractivity contribution in [2.45, 2.75) is 135 Å². The fourth-order valence-corrected chi connectivity index (χ4v) is 10.9. The van der Waals surface area contributed by atoms with Gasteiger partial charge in [0, 0.05) is 10.9 Å². The van der Waals surface area contributed by atoms with Crippen LogP contribution in [-0.2, 0) is 0 Å². The van der Waals surface area contributed by atoms with Crippen LogP contribution in [0.5, 0.6) is 11.5 Å². The highest BCUT2D eigenvalue weighted by molar-refractivity contribution is 7.67. The van der Waals surface area contributed by atoms with Gasteiger partial charge in [-0.25, -0.2) is 0 Å². The van der Waals surface area contributed by atoms with Gasteiger partial charge in [-0.15, -0.1) is 0 Å². The largest absolute Gasteiger partial charge is 0.496 e. The number of ether oxygens (including phenoxy) is 2. The van der Waals surface area contributed by atoms with E-state index >= 15 is 0 Å². The molecule has 2 saturated carbocycles. The monoisotopic (exact) mass is 536 g/mol. The van der Waals surface area contributed by atoms with E-state index in [1.165, 1.54) is 97.3 Å². The van der Waals surface area contributed by atoms with Gasteiger partial charge < -0.3 is 9.47 Å². The molecule has 0 saturated heterocycles. The predicted molar refractivity (Wildman–Crippen MR) is 168 cm³/mol. The molecule has 0 unspecified atom stereocenters. The summed E-state index contributed by atoms with van der Waals surface area (Å²) in [6.45, 7) is 13.9. The molecule has 2 aliphatic rings. The highest BCUT2D eigenvalue weighted by Crippen LogP contribution is 2.57. The van der Waals surface area contributed by atoms with Crippen molar-refractivity contribution in [1.82, 2.24) is 0 Å². The third-order valence-electron chi connectivity index (χ3n) is 9.12. The zero-order chi connectivity index (χ0) is 27.4. The van der Waals surface area contributed by atoms with Crippen molar-refractivity contribution < 1.29 is 9.47 Å². The summed E-state index contributed by atoms with van der Waals surface area (Å²) in [5, 5.41) is 1.47. The van der Waals surface area contributed by atoms with Crippen LogP contribution in [0.3, 0.4) is 0 Å². The average Bonchev–Trinajstić information content (AvgIpc) is 2.93. The molecule has 2 aliphatic carbocycles. The molecular formula is C35H53O2P. The summed E-state index contributed by atoms with van der Waals surface area (Å²) >= 11 is 0. The molecule has 2 nitrogen and oxygen atoms in total. The van der Waals surface area contributed by atoms with Gasteiger partial charge in [-0.05, 0) is 89.1 Å². The minimum absolute atomic E-state index is 0.281. The van der Waals surface area contributed by atoms with Crippen LogP contribution in [-0.4, -0.2) is 25.5 Å². The van der Waals surface area contributed by atoms with Crippen LogP contribution in [0.2, 0.25) is 0 Å². The van der Waals surface area contributed by atoms with Gasteiger partial charge in [0.1, 0.15) is 11.5 Å². The van der Waals surface area contributed by atoms with Gasteiger partial charge in [0.25, 0.3) is 0 Å². The smallest absolute Gasteiger partial charge is 0.127 e. The third kappa shape index (κ3) is 6.27. The quantitative estimate of drug-likeness (QED) is 0.297. The van der Waals surface area contributed by atoms with Crippen molar-refractivity contribution in [3.8, 4) is 22.6 Å². The van der Waals surface area contributed by atoms with E-state index in [-0.39, 0.29) is 7.92 Å². The molecule has 0 bridgehead atoms. The lowest BCUT2D eigenvalue weighted by atomic mass is 9.81. The fourth-order valence-electron chi connectivity index (χ4n) is 6.96. The maximum Gasteiger partial charge on any atom is 0.127 e. The Kier molecular flexibility index (Phi) is 10.2. The van der Waals surface area contributed by atoms with Crippen molar-refractivity contribution in [2.24, 2.45) is 0 Å². The van der Waals surface area contributed by atoms with E-state index in [9.17, 15) is 0 Å². The molecule has 0 amide bonds. The van der Waals surface area contributed by atoms with Crippen molar-refractivity contribution in [3.05, 3.63) is 41.0 Å². The summed E-state index contributed by atoms with van der Waals surface area (Å²) in [4.78, 5) is 0. The zero-order valence-corrected chi connectivity index (χ0v) is 26.4. The lowest BCUT2D eigenvalue weighted by molar-refractivity contribution is 0.407. The summed E-state index contributed by atoms with van der Waals surface area (Å²) in [6.07, 6.45) is 14.0. The third-order valence-corrected chi connectivity index (χ3v) is 12.6. The van der Waals surface area contributed by atoms with Crippen LogP contribution in [0.25, 0.3) is 11.1 Å². The van der Waals surface area contributed by atoms with Gasteiger partial charge in [0.05, 0.1) is 14.2 Å². The second-order valence-corrected chi connectivity index (χ2v) is 15.5. The van der Waals surface area contributed by atoms with Crippen LogP contribution >= 0.6 is 7.92 Å². The van der Waals surface area contributed by atoms with Gasteiger partial charge >= 0.3 is 0 Å². The highest BCUT2D eigenvalue weighted by Gasteiger charge is 2.35. The first kappa shape index (κ1) is 29.5. The van der Waals surface area contributed by atoms with E-state index in [0.717, 1.165) is 22.8 Å². The summed E-state index contributed by atoms with van der Waals surface area (Å²) in [5.41, 5.74) is 8.51. The van der Waals surface area contributed by atoms with Crippen LogP contribution in [0, 0.1) is 0 Å². The Labute approximate surface area is 235 Å². The summed E-state index contributed by atoms with van der Waals surface area (Å²) in [6, 6.07) is 9.69. The Morgan fingerprint density at radius 3 is 1.47 bits per heavy atom. The Balaban J connectivity index is 1.92. The summed E-state index contributed by atoms with van der Waals surface area (Å²) in [5.74, 6) is 3.49. The number of methoxy groups -OCH3 is 2. The Morgan fingerprint density at radius 2 is 1.08 bits per heavy atom. The minimum atomic E-state index is -0.281. The van der Waals surface area contributed by atoms with Crippen molar-refractivity contribution in [1.29, 1.82) is 0 Å². The molecule has 0 radical (unpaired) electrons. The molecule has 210 valence electrons.